The van der Waals surface area contributed by atoms with Crippen molar-refractivity contribution in [2.75, 3.05) is 0 Å². The van der Waals surface area contributed by atoms with E-state index in [2.05, 4.69) is 45.8 Å². The first-order chi connectivity index (χ1) is 6.94. The fraction of sp³-hybridized carbons (Fsp3) is 0.769. The van der Waals surface area contributed by atoms with Crippen LogP contribution in [0.3, 0.4) is 0 Å². The van der Waals surface area contributed by atoms with Crippen LogP contribution in [-0.4, -0.2) is 5.16 Å². The first-order valence-corrected chi connectivity index (χ1v) is 5.90. The maximum Gasteiger partial charge on any atom is 0.137 e. The fourth-order valence-corrected chi connectivity index (χ4v) is 1.92. The summed E-state index contributed by atoms with van der Waals surface area (Å²) in [5, 5.41) is 4.08. The van der Waals surface area contributed by atoms with Crippen molar-refractivity contribution in [2.45, 2.75) is 59.8 Å². The van der Waals surface area contributed by atoms with E-state index in [1.807, 2.05) is 0 Å². The molecule has 0 saturated carbocycles. The van der Waals surface area contributed by atoms with E-state index in [0.29, 0.717) is 11.3 Å². The lowest BCUT2D eigenvalue weighted by Gasteiger charge is -2.21. The van der Waals surface area contributed by atoms with E-state index in [1.54, 1.807) is 0 Å². The van der Waals surface area contributed by atoms with E-state index in [0.717, 1.165) is 17.9 Å². The molecule has 15 heavy (non-hydrogen) atoms. The summed E-state index contributed by atoms with van der Waals surface area (Å²) < 4.78 is 5.36. The summed E-state index contributed by atoms with van der Waals surface area (Å²) in [6.45, 7) is 11.1. The summed E-state index contributed by atoms with van der Waals surface area (Å²) in [4.78, 5) is 0. The monoisotopic (exact) mass is 209 g/mol. The molecule has 0 aliphatic heterocycles. The van der Waals surface area contributed by atoms with Gasteiger partial charge < -0.3 is 4.52 Å². The van der Waals surface area contributed by atoms with Crippen molar-refractivity contribution in [3.8, 4) is 0 Å². The Hall–Kier alpha value is -0.790. The molecule has 1 aromatic rings. The van der Waals surface area contributed by atoms with Gasteiger partial charge in [-0.3, -0.25) is 0 Å². The van der Waals surface area contributed by atoms with Gasteiger partial charge in [0.15, 0.2) is 0 Å². The van der Waals surface area contributed by atoms with Gasteiger partial charge in [0, 0.05) is 12.5 Å². The van der Waals surface area contributed by atoms with E-state index >= 15 is 0 Å². The number of hydrogen-bond donors (Lipinski definition) is 0. The molecule has 1 aromatic heterocycles. The molecule has 2 heteroatoms. The number of rotatable bonds is 5. The van der Waals surface area contributed by atoms with E-state index in [4.69, 9.17) is 4.52 Å². The lowest BCUT2D eigenvalue weighted by atomic mass is 9.83. The summed E-state index contributed by atoms with van der Waals surface area (Å²) in [5.74, 6) is 1.48. The van der Waals surface area contributed by atoms with Crippen LogP contribution in [-0.2, 0) is 6.42 Å². The Balaban J connectivity index is 2.64. The molecular weight excluding hydrogens is 186 g/mol. The van der Waals surface area contributed by atoms with Crippen molar-refractivity contribution in [1.29, 1.82) is 0 Å². The summed E-state index contributed by atoms with van der Waals surface area (Å²) in [5.41, 5.74) is 1.39. The van der Waals surface area contributed by atoms with Crippen LogP contribution in [0.4, 0.5) is 0 Å². The van der Waals surface area contributed by atoms with Crippen LogP contribution < -0.4 is 0 Å². The molecule has 0 aliphatic rings. The zero-order chi connectivity index (χ0) is 11.5. The van der Waals surface area contributed by atoms with Crippen molar-refractivity contribution in [3.05, 3.63) is 17.5 Å². The SMILES string of the molecule is CCCC(C)(C)Cc1cc(C(C)C)no1. The Morgan fingerprint density at radius 2 is 2.07 bits per heavy atom. The molecule has 0 fully saturated rings. The van der Waals surface area contributed by atoms with Crippen LogP contribution in [0.1, 0.15) is 64.8 Å². The summed E-state index contributed by atoms with van der Waals surface area (Å²) in [6.07, 6.45) is 3.43. The molecule has 0 unspecified atom stereocenters. The molecule has 1 heterocycles. The zero-order valence-electron chi connectivity index (χ0n) is 10.6. The molecule has 0 aromatic carbocycles. The number of aromatic nitrogens is 1. The van der Waals surface area contributed by atoms with E-state index in [9.17, 15) is 0 Å². The Labute approximate surface area is 93.0 Å². The Morgan fingerprint density at radius 3 is 2.53 bits per heavy atom. The molecule has 0 aliphatic carbocycles. The van der Waals surface area contributed by atoms with Gasteiger partial charge in [-0.25, -0.2) is 0 Å². The van der Waals surface area contributed by atoms with Gasteiger partial charge in [0.1, 0.15) is 5.76 Å². The van der Waals surface area contributed by atoms with Crippen LogP contribution in [0.5, 0.6) is 0 Å². The zero-order valence-corrected chi connectivity index (χ0v) is 10.6. The second-order valence-corrected chi connectivity index (χ2v) is 5.46. The smallest absolute Gasteiger partial charge is 0.137 e. The van der Waals surface area contributed by atoms with Crippen molar-refractivity contribution in [3.63, 3.8) is 0 Å². The standard InChI is InChI=1S/C13H23NO/c1-6-7-13(4,5)9-11-8-12(10(2)3)14-15-11/h8,10H,6-7,9H2,1-5H3. The molecule has 0 bridgehead atoms. The second-order valence-electron chi connectivity index (χ2n) is 5.46. The van der Waals surface area contributed by atoms with Gasteiger partial charge >= 0.3 is 0 Å². The maximum atomic E-state index is 5.36. The van der Waals surface area contributed by atoms with Crippen LogP contribution in [0, 0.1) is 5.41 Å². The van der Waals surface area contributed by atoms with Gasteiger partial charge in [0.25, 0.3) is 0 Å². The van der Waals surface area contributed by atoms with Crippen molar-refractivity contribution < 1.29 is 4.52 Å². The number of nitrogens with zero attached hydrogens (tertiary/aromatic N) is 1. The van der Waals surface area contributed by atoms with Gasteiger partial charge in [-0.15, -0.1) is 0 Å². The molecule has 0 N–H and O–H groups in total. The third-order valence-electron chi connectivity index (χ3n) is 2.75. The van der Waals surface area contributed by atoms with Crippen molar-refractivity contribution in [1.82, 2.24) is 5.16 Å². The molecule has 1 rings (SSSR count). The molecule has 0 spiro atoms. The highest BCUT2D eigenvalue weighted by molar-refractivity contribution is 5.10. The average molecular weight is 209 g/mol. The topological polar surface area (TPSA) is 26.0 Å². The lowest BCUT2D eigenvalue weighted by Crippen LogP contribution is -2.13. The van der Waals surface area contributed by atoms with Crippen LogP contribution >= 0.6 is 0 Å². The molecular formula is C13H23NO. The first kappa shape index (κ1) is 12.3. The molecule has 0 saturated heterocycles. The fourth-order valence-electron chi connectivity index (χ4n) is 1.92. The van der Waals surface area contributed by atoms with Crippen molar-refractivity contribution in [2.24, 2.45) is 5.41 Å². The quantitative estimate of drug-likeness (QED) is 0.727. The maximum absolute atomic E-state index is 5.36. The van der Waals surface area contributed by atoms with Crippen LogP contribution in [0.25, 0.3) is 0 Å². The van der Waals surface area contributed by atoms with Gasteiger partial charge in [0.2, 0.25) is 0 Å². The van der Waals surface area contributed by atoms with Gasteiger partial charge in [-0.2, -0.15) is 0 Å². The Bertz CT molecular complexity index is 299. The summed E-state index contributed by atoms with van der Waals surface area (Å²) >= 11 is 0. The highest BCUT2D eigenvalue weighted by atomic mass is 16.5. The number of hydrogen-bond acceptors (Lipinski definition) is 2. The van der Waals surface area contributed by atoms with Crippen LogP contribution in [0.2, 0.25) is 0 Å². The van der Waals surface area contributed by atoms with Gasteiger partial charge in [0.05, 0.1) is 5.69 Å². The first-order valence-electron chi connectivity index (χ1n) is 5.90. The minimum absolute atomic E-state index is 0.322. The largest absolute Gasteiger partial charge is 0.361 e. The molecule has 86 valence electrons. The normalized spacial score (nSPS) is 12.4. The van der Waals surface area contributed by atoms with Gasteiger partial charge in [-0.1, -0.05) is 46.2 Å². The van der Waals surface area contributed by atoms with Crippen molar-refractivity contribution >= 4 is 0 Å². The molecule has 2 nitrogen and oxygen atoms in total. The average Bonchev–Trinajstić information content (AvgIpc) is 2.51. The van der Waals surface area contributed by atoms with E-state index in [1.165, 1.54) is 12.8 Å². The van der Waals surface area contributed by atoms with Crippen LogP contribution in [0.15, 0.2) is 10.6 Å². The molecule has 0 radical (unpaired) electrons. The minimum atomic E-state index is 0.322. The minimum Gasteiger partial charge on any atom is -0.361 e. The Morgan fingerprint density at radius 1 is 1.40 bits per heavy atom. The Kier molecular flexibility index (Phi) is 3.95. The highest BCUT2D eigenvalue weighted by Crippen LogP contribution is 2.28. The van der Waals surface area contributed by atoms with Gasteiger partial charge in [-0.05, 0) is 17.8 Å². The predicted molar refractivity (Wildman–Crippen MR) is 63.0 cm³/mol. The summed E-state index contributed by atoms with van der Waals surface area (Å²) in [6, 6.07) is 2.10. The second kappa shape index (κ2) is 4.82. The highest BCUT2D eigenvalue weighted by Gasteiger charge is 2.20. The van der Waals surface area contributed by atoms with E-state index < -0.39 is 0 Å². The molecule has 0 atom stereocenters. The third kappa shape index (κ3) is 3.69. The third-order valence-corrected chi connectivity index (χ3v) is 2.75. The lowest BCUT2D eigenvalue weighted by molar-refractivity contribution is 0.279. The summed E-state index contributed by atoms with van der Waals surface area (Å²) in [7, 11) is 0. The van der Waals surface area contributed by atoms with E-state index in [-0.39, 0.29) is 0 Å². The molecule has 0 amide bonds. The predicted octanol–water partition coefficient (Wildman–Crippen LogP) is 4.17.